The van der Waals surface area contributed by atoms with Crippen molar-refractivity contribution in [1.82, 2.24) is 9.36 Å². The molecule has 0 saturated carbocycles. The van der Waals surface area contributed by atoms with Crippen molar-refractivity contribution in [3.05, 3.63) is 28.6 Å². The first kappa shape index (κ1) is 7.19. The summed E-state index contributed by atoms with van der Waals surface area (Å²) in [5, 5.41) is 2.85. The van der Waals surface area contributed by atoms with Crippen molar-refractivity contribution < 1.29 is 0 Å². The van der Waals surface area contributed by atoms with Crippen LogP contribution in [0, 0.1) is 13.5 Å². The zero-order valence-corrected chi connectivity index (χ0v) is 7.22. The van der Waals surface area contributed by atoms with Gasteiger partial charge in [0.2, 0.25) is 5.69 Å². The topological polar surface area (TPSA) is 30.1 Å². The van der Waals surface area contributed by atoms with Gasteiger partial charge in [0.25, 0.3) is 0 Å². The summed E-state index contributed by atoms with van der Waals surface area (Å²) in [6.07, 6.45) is 0. The minimum Gasteiger partial charge on any atom is -0.244 e. The molecule has 58 valence electrons. The summed E-state index contributed by atoms with van der Waals surface area (Å²) in [5.74, 6) is 0. The molecule has 0 fully saturated rings. The Labute approximate surface area is 73.7 Å². The summed E-state index contributed by atoms with van der Waals surface area (Å²) in [6.45, 7) is 8.71. The number of pyridine rings is 1. The van der Waals surface area contributed by atoms with Gasteiger partial charge in [0.1, 0.15) is 0 Å². The van der Waals surface area contributed by atoms with Crippen LogP contribution in [0.3, 0.4) is 0 Å². The predicted octanol–water partition coefficient (Wildman–Crippen LogP) is 2.55. The fraction of sp³-hybridized carbons (Fsp3) is 0.125. The first-order valence-corrected chi connectivity index (χ1v) is 4.24. The standard InChI is InChI=1S/C8H5N3S/c1-5-7(9-2)3-6-4-12-11-8(6)10-5/h3-4H,1H3. The fourth-order valence-corrected chi connectivity index (χ4v) is 1.59. The smallest absolute Gasteiger partial charge is 0.208 e. The van der Waals surface area contributed by atoms with Crippen LogP contribution in [0.1, 0.15) is 5.69 Å². The summed E-state index contributed by atoms with van der Waals surface area (Å²) in [6, 6.07) is 1.83. The van der Waals surface area contributed by atoms with Gasteiger partial charge in [-0.3, -0.25) is 0 Å². The Kier molecular flexibility index (Phi) is 1.52. The normalized spacial score (nSPS) is 10.0. The van der Waals surface area contributed by atoms with E-state index >= 15 is 0 Å². The highest BCUT2D eigenvalue weighted by atomic mass is 32.1. The number of nitrogens with zero attached hydrogens (tertiary/aromatic N) is 3. The van der Waals surface area contributed by atoms with E-state index in [2.05, 4.69) is 14.2 Å². The highest BCUT2D eigenvalue weighted by Crippen LogP contribution is 2.22. The molecule has 2 aromatic rings. The highest BCUT2D eigenvalue weighted by Gasteiger charge is 2.03. The Morgan fingerprint density at radius 2 is 2.42 bits per heavy atom. The second kappa shape index (κ2) is 2.54. The molecule has 0 bridgehead atoms. The molecule has 0 aliphatic heterocycles. The minimum atomic E-state index is 0.614. The lowest BCUT2D eigenvalue weighted by Crippen LogP contribution is -1.81. The number of hydrogen-bond acceptors (Lipinski definition) is 3. The van der Waals surface area contributed by atoms with Crippen LogP contribution in [-0.4, -0.2) is 9.36 Å². The van der Waals surface area contributed by atoms with Crippen LogP contribution in [0.4, 0.5) is 5.69 Å². The molecular formula is C8H5N3S. The van der Waals surface area contributed by atoms with Crippen molar-refractivity contribution in [2.45, 2.75) is 6.92 Å². The van der Waals surface area contributed by atoms with E-state index in [-0.39, 0.29) is 0 Å². The Morgan fingerprint density at radius 3 is 3.17 bits per heavy atom. The molecule has 0 saturated heterocycles. The molecule has 2 aromatic heterocycles. The molecule has 2 rings (SSSR count). The van der Waals surface area contributed by atoms with Gasteiger partial charge in [-0.2, -0.15) is 4.37 Å². The van der Waals surface area contributed by atoms with Crippen molar-refractivity contribution in [3.8, 4) is 0 Å². The number of aromatic nitrogens is 2. The van der Waals surface area contributed by atoms with Crippen LogP contribution in [0.15, 0.2) is 11.4 Å². The maximum atomic E-state index is 6.88. The van der Waals surface area contributed by atoms with Crippen molar-refractivity contribution in [3.63, 3.8) is 0 Å². The van der Waals surface area contributed by atoms with E-state index in [1.165, 1.54) is 11.5 Å². The summed E-state index contributed by atoms with van der Waals surface area (Å²) < 4.78 is 4.08. The second-order valence-corrected chi connectivity index (χ2v) is 3.06. The van der Waals surface area contributed by atoms with Crippen LogP contribution in [0.5, 0.6) is 0 Å². The Bertz CT molecular complexity index is 467. The lowest BCUT2D eigenvalue weighted by Gasteiger charge is -1.94. The monoisotopic (exact) mass is 175 g/mol. The van der Waals surface area contributed by atoms with Crippen LogP contribution >= 0.6 is 11.5 Å². The molecule has 0 amide bonds. The van der Waals surface area contributed by atoms with Gasteiger partial charge in [-0.1, -0.05) is 0 Å². The summed E-state index contributed by atoms with van der Waals surface area (Å²) in [7, 11) is 0. The van der Waals surface area contributed by atoms with Gasteiger partial charge in [0.05, 0.1) is 6.57 Å². The van der Waals surface area contributed by atoms with E-state index in [1.54, 1.807) is 0 Å². The number of rotatable bonds is 0. The maximum Gasteiger partial charge on any atom is 0.208 e. The molecule has 0 N–H and O–H groups in total. The van der Waals surface area contributed by atoms with E-state index in [0.717, 1.165) is 16.7 Å². The van der Waals surface area contributed by atoms with E-state index in [4.69, 9.17) is 6.57 Å². The third-order valence-corrected chi connectivity index (χ3v) is 2.27. The predicted molar refractivity (Wildman–Crippen MR) is 48.4 cm³/mol. The summed E-state index contributed by atoms with van der Waals surface area (Å²) in [5.41, 5.74) is 2.11. The largest absolute Gasteiger partial charge is 0.244 e. The zero-order valence-electron chi connectivity index (χ0n) is 6.40. The SMILES string of the molecule is [C-]#[N+]c1cc2csnc2nc1C. The lowest BCUT2D eigenvalue weighted by atomic mass is 10.3. The molecule has 0 aliphatic carbocycles. The summed E-state index contributed by atoms with van der Waals surface area (Å²) >= 11 is 1.37. The fourth-order valence-electron chi connectivity index (χ4n) is 1.00. The van der Waals surface area contributed by atoms with E-state index in [0.29, 0.717) is 5.69 Å². The van der Waals surface area contributed by atoms with E-state index in [9.17, 15) is 0 Å². The minimum absolute atomic E-state index is 0.614. The molecule has 0 spiro atoms. The second-order valence-electron chi connectivity index (χ2n) is 2.43. The molecule has 0 atom stereocenters. The third-order valence-electron chi connectivity index (χ3n) is 1.63. The van der Waals surface area contributed by atoms with Gasteiger partial charge < -0.3 is 0 Å². The van der Waals surface area contributed by atoms with Crippen LogP contribution < -0.4 is 0 Å². The van der Waals surface area contributed by atoms with Crippen molar-refractivity contribution in [2.24, 2.45) is 0 Å². The Balaban J connectivity index is 2.84. The van der Waals surface area contributed by atoms with E-state index < -0.39 is 0 Å². The van der Waals surface area contributed by atoms with E-state index in [1.807, 2.05) is 18.4 Å². The van der Waals surface area contributed by atoms with Gasteiger partial charge >= 0.3 is 0 Å². The number of fused-ring (bicyclic) bond motifs is 1. The van der Waals surface area contributed by atoms with Crippen molar-refractivity contribution in [1.29, 1.82) is 0 Å². The first-order valence-electron chi connectivity index (χ1n) is 3.40. The van der Waals surface area contributed by atoms with Crippen molar-refractivity contribution >= 4 is 28.3 Å². The zero-order chi connectivity index (χ0) is 8.55. The molecular weight excluding hydrogens is 170 g/mol. The highest BCUT2D eigenvalue weighted by molar-refractivity contribution is 7.04. The lowest BCUT2D eigenvalue weighted by molar-refractivity contribution is 1.25. The van der Waals surface area contributed by atoms with Gasteiger partial charge in [0.15, 0.2) is 5.65 Å². The Hall–Kier alpha value is -1.47. The molecule has 4 heteroatoms. The van der Waals surface area contributed by atoms with Crippen LogP contribution in [0.2, 0.25) is 0 Å². The van der Waals surface area contributed by atoms with Crippen LogP contribution in [-0.2, 0) is 0 Å². The molecule has 3 nitrogen and oxygen atoms in total. The van der Waals surface area contributed by atoms with Gasteiger partial charge in [0, 0.05) is 16.5 Å². The number of aryl methyl sites for hydroxylation is 1. The van der Waals surface area contributed by atoms with Gasteiger partial charge in [-0.05, 0) is 24.5 Å². The molecule has 2 heterocycles. The molecule has 0 aliphatic rings. The van der Waals surface area contributed by atoms with Gasteiger partial charge in [-0.25, -0.2) is 9.83 Å². The average molecular weight is 175 g/mol. The van der Waals surface area contributed by atoms with Crippen LogP contribution in [0.25, 0.3) is 15.9 Å². The van der Waals surface area contributed by atoms with Gasteiger partial charge in [-0.15, -0.1) is 0 Å². The molecule has 0 aromatic carbocycles. The number of hydrogen-bond donors (Lipinski definition) is 0. The van der Waals surface area contributed by atoms with Crippen molar-refractivity contribution in [2.75, 3.05) is 0 Å². The maximum absolute atomic E-state index is 6.88. The summed E-state index contributed by atoms with van der Waals surface area (Å²) in [4.78, 5) is 7.56. The molecule has 12 heavy (non-hydrogen) atoms. The third kappa shape index (κ3) is 0.953. The first-order chi connectivity index (χ1) is 5.81. The molecule has 0 radical (unpaired) electrons. The molecule has 0 unspecified atom stereocenters. The average Bonchev–Trinajstić information content (AvgIpc) is 2.49. The Morgan fingerprint density at radius 1 is 1.58 bits per heavy atom. The quantitative estimate of drug-likeness (QED) is 0.576.